The molecule has 5 rings (SSSR count). The number of nitrogens with one attached hydrogen (secondary N) is 1. The van der Waals surface area contributed by atoms with Crippen LogP contribution in [-0.4, -0.2) is 34.6 Å². The molecule has 2 heterocycles. The third kappa shape index (κ3) is 3.28. The Morgan fingerprint density at radius 2 is 1.88 bits per heavy atom. The zero-order chi connectivity index (χ0) is 22.5. The molecule has 2 aliphatic heterocycles. The predicted octanol–water partition coefficient (Wildman–Crippen LogP) is 5.85. The molecule has 0 unspecified atom stereocenters. The van der Waals surface area contributed by atoms with Gasteiger partial charge in [-0.15, -0.1) is 0 Å². The van der Waals surface area contributed by atoms with Crippen LogP contribution in [0, 0.1) is 5.82 Å². The average Bonchev–Trinajstić information content (AvgIpc) is 3.10. The first kappa shape index (κ1) is 22.1. The molecule has 0 radical (unpaired) electrons. The molecular weight excluding hydrogens is 450 g/mol. The van der Waals surface area contributed by atoms with Gasteiger partial charge in [-0.25, -0.2) is 4.39 Å². The van der Waals surface area contributed by atoms with E-state index in [-0.39, 0.29) is 29.6 Å². The lowest BCUT2D eigenvalue weighted by molar-refractivity contribution is -0.130. The van der Waals surface area contributed by atoms with Crippen molar-refractivity contribution in [3.63, 3.8) is 0 Å². The minimum absolute atomic E-state index is 0.0425. The number of nitrogens with zero attached hydrogens (tertiary/aromatic N) is 1. The Hall–Kier alpha value is -1.66. The Labute approximate surface area is 197 Å². The molecule has 2 N–H and O–H groups in total. The third-order valence-electron chi connectivity index (χ3n) is 7.59. The van der Waals surface area contributed by atoms with Gasteiger partial charge in [0, 0.05) is 34.3 Å². The van der Waals surface area contributed by atoms with Crippen molar-refractivity contribution in [2.75, 3.05) is 11.9 Å². The molecule has 3 aliphatic rings. The van der Waals surface area contributed by atoms with Gasteiger partial charge in [0.25, 0.3) is 0 Å². The molecule has 2 aromatic carbocycles. The van der Waals surface area contributed by atoms with Gasteiger partial charge < -0.3 is 10.4 Å². The predicted molar refractivity (Wildman–Crippen MR) is 125 cm³/mol. The van der Waals surface area contributed by atoms with E-state index in [2.05, 4.69) is 10.2 Å². The van der Waals surface area contributed by atoms with Crippen LogP contribution >= 0.6 is 23.2 Å². The van der Waals surface area contributed by atoms with Crippen molar-refractivity contribution >= 4 is 34.8 Å². The van der Waals surface area contributed by atoms with Gasteiger partial charge in [-0.2, -0.15) is 0 Å². The number of rotatable bonds is 3. The molecule has 7 heteroatoms. The Balaban J connectivity index is 1.75. The third-order valence-corrected chi connectivity index (χ3v) is 8.11. The highest BCUT2D eigenvalue weighted by atomic mass is 35.5. The zero-order valence-corrected chi connectivity index (χ0v) is 19.3. The molecular formula is C25H27Cl2FN2O2. The molecule has 32 heavy (non-hydrogen) atoms. The number of hydrogen-bond acceptors (Lipinski definition) is 3. The quantitative estimate of drug-likeness (QED) is 0.545. The number of amides is 1. The van der Waals surface area contributed by atoms with Crippen LogP contribution in [0.3, 0.4) is 0 Å². The number of carbonyl (C=O) groups excluding carboxylic acids is 1. The average molecular weight is 477 g/mol. The van der Waals surface area contributed by atoms with Crippen LogP contribution in [0.5, 0.6) is 0 Å². The van der Waals surface area contributed by atoms with Crippen LogP contribution in [0.2, 0.25) is 10.0 Å². The topological polar surface area (TPSA) is 52.6 Å². The lowest BCUT2D eigenvalue weighted by atomic mass is 9.75. The number of carbonyl (C=O) groups is 1. The molecule has 2 fully saturated rings. The molecule has 0 bridgehead atoms. The van der Waals surface area contributed by atoms with Crippen molar-refractivity contribution in [1.29, 1.82) is 0 Å². The Bertz CT molecular complexity index is 1040. The normalized spacial score (nSPS) is 28.7. The van der Waals surface area contributed by atoms with Gasteiger partial charge in [-0.3, -0.25) is 9.69 Å². The monoisotopic (exact) mass is 476 g/mol. The fourth-order valence-corrected chi connectivity index (χ4v) is 6.70. The second-order valence-corrected chi connectivity index (χ2v) is 10.1. The van der Waals surface area contributed by atoms with E-state index in [1.54, 1.807) is 24.3 Å². The summed E-state index contributed by atoms with van der Waals surface area (Å²) in [5.74, 6) is -1.16. The molecule has 1 spiro atoms. The fourth-order valence-electron chi connectivity index (χ4n) is 6.34. The van der Waals surface area contributed by atoms with Gasteiger partial charge in [0.2, 0.25) is 5.91 Å². The molecule has 1 aliphatic carbocycles. The zero-order valence-electron chi connectivity index (χ0n) is 17.8. The van der Waals surface area contributed by atoms with E-state index in [1.807, 2.05) is 6.07 Å². The van der Waals surface area contributed by atoms with E-state index in [0.29, 0.717) is 22.7 Å². The van der Waals surface area contributed by atoms with E-state index < -0.39 is 17.3 Å². The summed E-state index contributed by atoms with van der Waals surface area (Å²) in [6.07, 6.45) is 6.90. The maximum atomic E-state index is 15.4. The lowest BCUT2D eigenvalue weighted by Gasteiger charge is -2.44. The maximum Gasteiger partial charge on any atom is 0.250 e. The minimum atomic E-state index is -1.12. The molecule has 1 amide bonds. The summed E-state index contributed by atoms with van der Waals surface area (Å²) >= 11 is 12.4. The summed E-state index contributed by atoms with van der Waals surface area (Å²) in [7, 11) is 0. The van der Waals surface area contributed by atoms with E-state index in [4.69, 9.17) is 23.2 Å². The first-order valence-corrected chi connectivity index (χ1v) is 12.2. The van der Waals surface area contributed by atoms with Crippen molar-refractivity contribution in [1.82, 2.24) is 4.90 Å². The maximum absolute atomic E-state index is 15.4. The van der Waals surface area contributed by atoms with E-state index >= 15 is 4.39 Å². The summed E-state index contributed by atoms with van der Waals surface area (Å²) in [6.45, 7) is -0.0901. The number of halogens is 3. The van der Waals surface area contributed by atoms with Crippen molar-refractivity contribution in [3.8, 4) is 0 Å². The van der Waals surface area contributed by atoms with Crippen LogP contribution in [0.25, 0.3) is 0 Å². The molecule has 0 aromatic heterocycles. The van der Waals surface area contributed by atoms with E-state index in [1.165, 1.54) is 18.9 Å². The summed E-state index contributed by atoms with van der Waals surface area (Å²) in [6, 6.07) is 10.3. The summed E-state index contributed by atoms with van der Waals surface area (Å²) in [4.78, 5) is 16.1. The van der Waals surface area contributed by atoms with Gasteiger partial charge in [0.05, 0.1) is 11.6 Å². The lowest BCUT2D eigenvalue weighted by Crippen LogP contribution is -2.56. The first-order chi connectivity index (χ1) is 15.5. The second-order valence-electron chi connectivity index (χ2n) is 9.23. The Kier molecular flexibility index (Phi) is 5.95. The Morgan fingerprint density at radius 1 is 1.12 bits per heavy atom. The number of likely N-dealkylation sites (tertiary alicyclic amines) is 1. The molecule has 3 atom stereocenters. The summed E-state index contributed by atoms with van der Waals surface area (Å²) in [5.41, 5.74) is 0.766. The number of aliphatic hydroxyl groups is 1. The van der Waals surface area contributed by atoms with Crippen LogP contribution in [-0.2, 0) is 10.3 Å². The van der Waals surface area contributed by atoms with Crippen molar-refractivity contribution < 1.29 is 14.3 Å². The number of anilines is 1. The standard InChI is InChI=1S/C25H27Cl2FN2O2/c26-15-10-11-19-22(12-15)29-24(32)25(19)20(18-8-5-9-21(27)23(18)28)13-17(14-31)30(25)16-6-3-1-2-4-7-16/h5,8-12,16-17,20,31H,1-4,6-7,13-14H2,(H,29,32)/t17-,20-,25-/m1/s1. The van der Waals surface area contributed by atoms with Crippen molar-refractivity contribution in [2.45, 2.75) is 68.5 Å². The molecule has 2 aromatic rings. The SMILES string of the molecule is O=C1Nc2cc(Cl)ccc2[C@@]12[C@@H](c1cccc(Cl)c1F)C[C@H](CO)N2C1CCCCCC1. The number of hydrogen-bond donors (Lipinski definition) is 2. The van der Waals surface area contributed by atoms with Crippen LogP contribution in [0.4, 0.5) is 10.1 Å². The van der Waals surface area contributed by atoms with Gasteiger partial charge in [0.15, 0.2) is 0 Å². The molecule has 170 valence electrons. The van der Waals surface area contributed by atoms with Gasteiger partial charge >= 0.3 is 0 Å². The van der Waals surface area contributed by atoms with Crippen LogP contribution in [0.15, 0.2) is 36.4 Å². The summed E-state index contributed by atoms with van der Waals surface area (Å²) < 4.78 is 15.4. The highest BCUT2D eigenvalue weighted by Crippen LogP contribution is 2.59. The van der Waals surface area contributed by atoms with E-state index in [9.17, 15) is 9.90 Å². The van der Waals surface area contributed by atoms with Gasteiger partial charge in [-0.1, -0.05) is 67.1 Å². The molecule has 4 nitrogen and oxygen atoms in total. The molecule has 1 saturated heterocycles. The van der Waals surface area contributed by atoms with Gasteiger partial charge in [0.1, 0.15) is 11.4 Å². The first-order valence-electron chi connectivity index (χ1n) is 11.4. The van der Waals surface area contributed by atoms with Crippen molar-refractivity contribution in [2.24, 2.45) is 0 Å². The number of aliphatic hydroxyl groups excluding tert-OH is 1. The number of fused-ring (bicyclic) bond motifs is 2. The van der Waals surface area contributed by atoms with E-state index in [0.717, 1.165) is 31.2 Å². The fraction of sp³-hybridized carbons (Fsp3) is 0.480. The second kappa shape index (κ2) is 8.60. The minimum Gasteiger partial charge on any atom is -0.395 e. The van der Waals surface area contributed by atoms with Gasteiger partial charge in [-0.05, 0) is 43.0 Å². The van der Waals surface area contributed by atoms with Crippen LogP contribution in [0.1, 0.15) is 62.0 Å². The largest absolute Gasteiger partial charge is 0.395 e. The van der Waals surface area contributed by atoms with Crippen molar-refractivity contribution in [3.05, 3.63) is 63.4 Å². The molecule has 1 saturated carbocycles. The summed E-state index contributed by atoms with van der Waals surface area (Å²) in [5, 5.41) is 14.0. The smallest absolute Gasteiger partial charge is 0.250 e. The Morgan fingerprint density at radius 3 is 2.59 bits per heavy atom. The highest BCUT2D eigenvalue weighted by Gasteiger charge is 2.64. The highest BCUT2D eigenvalue weighted by molar-refractivity contribution is 6.31. The number of benzene rings is 2. The van der Waals surface area contributed by atoms with Crippen LogP contribution < -0.4 is 5.32 Å².